The van der Waals surface area contributed by atoms with Gasteiger partial charge in [-0.1, -0.05) is 19.9 Å². The van der Waals surface area contributed by atoms with E-state index in [4.69, 9.17) is 0 Å². The second-order valence-electron chi connectivity index (χ2n) is 5.80. The highest BCUT2D eigenvalue weighted by Gasteiger charge is 2.38. The lowest BCUT2D eigenvalue weighted by atomic mass is 9.78. The van der Waals surface area contributed by atoms with E-state index >= 15 is 0 Å². The molecule has 2 N–H and O–H groups in total. The molecule has 2 heteroatoms. The molecule has 0 bridgehead atoms. The lowest BCUT2D eigenvalue weighted by Gasteiger charge is -2.42. The Morgan fingerprint density at radius 2 is 2.00 bits per heavy atom. The number of hydrogen-bond donors (Lipinski definition) is 2. The summed E-state index contributed by atoms with van der Waals surface area (Å²) in [6.45, 7) is 10.6. The third kappa shape index (κ3) is 1.95. The normalized spacial score (nSPS) is 26.2. The van der Waals surface area contributed by atoms with Crippen LogP contribution in [0.15, 0.2) is 12.1 Å². The van der Waals surface area contributed by atoms with Crippen molar-refractivity contribution >= 4 is 5.69 Å². The minimum absolute atomic E-state index is 0.186. The molecule has 0 aliphatic carbocycles. The summed E-state index contributed by atoms with van der Waals surface area (Å²) < 4.78 is 0. The molecule has 2 unspecified atom stereocenters. The quantitative estimate of drug-likeness (QED) is 0.780. The van der Waals surface area contributed by atoms with Crippen LogP contribution in [-0.4, -0.2) is 16.7 Å². The van der Waals surface area contributed by atoms with Gasteiger partial charge in [-0.3, -0.25) is 0 Å². The molecule has 1 heterocycles. The molecule has 0 saturated carbocycles. The van der Waals surface area contributed by atoms with Crippen molar-refractivity contribution in [2.75, 3.05) is 5.32 Å². The van der Waals surface area contributed by atoms with Gasteiger partial charge < -0.3 is 10.4 Å². The maximum absolute atomic E-state index is 10.3. The molecule has 0 spiro atoms. The van der Waals surface area contributed by atoms with Gasteiger partial charge in [0.2, 0.25) is 0 Å². The molecule has 0 aromatic heterocycles. The Labute approximate surface area is 104 Å². The first-order chi connectivity index (χ1) is 7.86. The maximum atomic E-state index is 10.3. The average molecular weight is 233 g/mol. The van der Waals surface area contributed by atoms with Gasteiger partial charge in [-0.15, -0.1) is 0 Å². The number of nitrogens with one attached hydrogen (secondary N) is 1. The fourth-order valence-electron chi connectivity index (χ4n) is 2.86. The number of hydrogen-bond acceptors (Lipinski definition) is 2. The molecule has 2 nitrogen and oxygen atoms in total. The summed E-state index contributed by atoms with van der Waals surface area (Å²) in [5.74, 6) is 0.186. The van der Waals surface area contributed by atoms with Crippen LogP contribution in [0.2, 0.25) is 0 Å². The van der Waals surface area contributed by atoms with E-state index in [2.05, 4.69) is 52.1 Å². The highest BCUT2D eigenvalue weighted by atomic mass is 16.3. The molecular weight excluding hydrogens is 210 g/mol. The van der Waals surface area contributed by atoms with Gasteiger partial charge >= 0.3 is 0 Å². The fraction of sp³-hybridized carbons (Fsp3) is 0.600. The van der Waals surface area contributed by atoms with Gasteiger partial charge in [0.15, 0.2) is 0 Å². The predicted molar refractivity (Wildman–Crippen MR) is 72.7 cm³/mol. The predicted octanol–water partition coefficient (Wildman–Crippen LogP) is 3.23. The summed E-state index contributed by atoms with van der Waals surface area (Å²) >= 11 is 0. The molecule has 2 atom stereocenters. The fourth-order valence-corrected chi connectivity index (χ4v) is 2.86. The second kappa shape index (κ2) is 4.02. The highest BCUT2D eigenvalue weighted by Crippen LogP contribution is 2.40. The molecule has 0 fully saturated rings. The van der Waals surface area contributed by atoms with E-state index in [1.54, 1.807) is 0 Å². The standard InChI is InChI=1S/C15H23NO/c1-6-11-8-13-12(7-9(11)2)10(3)14(17)15(4,5)16-13/h7-8,10,14,16-17H,6H2,1-5H3. The second-order valence-corrected chi connectivity index (χ2v) is 5.80. The first-order valence-corrected chi connectivity index (χ1v) is 6.46. The van der Waals surface area contributed by atoms with Gasteiger partial charge in [-0.25, -0.2) is 0 Å². The molecule has 17 heavy (non-hydrogen) atoms. The van der Waals surface area contributed by atoms with Crippen LogP contribution in [0.25, 0.3) is 0 Å². The first kappa shape index (κ1) is 12.4. The van der Waals surface area contributed by atoms with Crippen LogP contribution in [-0.2, 0) is 6.42 Å². The Morgan fingerprint density at radius 1 is 1.35 bits per heavy atom. The smallest absolute Gasteiger partial charge is 0.0830 e. The number of rotatable bonds is 1. The van der Waals surface area contributed by atoms with Crippen molar-refractivity contribution in [1.29, 1.82) is 0 Å². The number of fused-ring (bicyclic) bond motifs is 1. The third-order valence-corrected chi connectivity index (χ3v) is 4.05. The zero-order chi connectivity index (χ0) is 12.8. The maximum Gasteiger partial charge on any atom is 0.0830 e. The summed E-state index contributed by atoms with van der Waals surface area (Å²) in [6.07, 6.45) is 0.708. The third-order valence-electron chi connectivity index (χ3n) is 4.05. The van der Waals surface area contributed by atoms with Gasteiger partial charge in [-0.05, 0) is 49.9 Å². The van der Waals surface area contributed by atoms with Crippen molar-refractivity contribution in [1.82, 2.24) is 0 Å². The number of aliphatic hydroxyl groups excluding tert-OH is 1. The first-order valence-electron chi connectivity index (χ1n) is 6.46. The van der Waals surface area contributed by atoms with Crippen LogP contribution < -0.4 is 5.32 Å². The monoisotopic (exact) mass is 233 g/mol. The van der Waals surface area contributed by atoms with E-state index in [9.17, 15) is 5.11 Å². The van der Waals surface area contributed by atoms with Gasteiger partial charge in [0, 0.05) is 11.6 Å². The lowest BCUT2D eigenvalue weighted by Crippen LogP contribution is -2.49. The van der Waals surface area contributed by atoms with E-state index in [1.165, 1.54) is 22.4 Å². The van der Waals surface area contributed by atoms with Gasteiger partial charge in [0.1, 0.15) is 0 Å². The Balaban J connectivity index is 2.53. The molecule has 1 aliphatic rings. The zero-order valence-electron chi connectivity index (χ0n) is 11.5. The van der Waals surface area contributed by atoms with Crippen molar-refractivity contribution in [2.24, 2.45) is 0 Å². The summed E-state index contributed by atoms with van der Waals surface area (Å²) in [4.78, 5) is 0. The van der Waals surface area contributed by atoms with Crippen molar-refractivity contribution in [3.05, 3.63) is 28.8 Å². The summed E-state index contributed by atoms with van der Waals surface area (Å²) in [7, 11) is 0. The number of aliphatic hydroxyl groups is 1. The average Bonchev–Trinajstić information content (AvgIpc) is 2.27. The van der Waals surface area contributed by atoms with Crippen LogP contribution >= 0.6 is 0 Å². The summed E-state index contributed by atoms with van der Waals surface area (Å²) in [5.41, 5.74) is 4.89. The van der Waals surface area contributed by atoms with E-state index in [1.807, 2.05) is 0 Å². The van der Waals surface area contributed by atoms with Crippen LogP contribution in [0.5, 0.6) is 0 Å². The Kier molecular flexibility index (Phi) is 2.94. The minimum Gasteiger partial charge on any atom is -0.390 e. The van der Waals surface area contributed by atoms with Crippen molar-refractivity contribution in [3.63, 3.8) is 0 Å². The molecule has 0 radical (unpaired) electrons. The molecule has 0 saturated heterocycles. The van der Waals surface area contributed by atoms with E-state index < -0.39 is 0 Å². The Bertz CT molecular complexity index is 437. The molecule has 1 aromatic rings. The summed E-state index contributed by atoms with van der Waals surface area (Å²) in [6, 6.07) is 4.47. The minimum atomic E-state index is -0.345. The zero-order valence-corrected chi connectivity index (χ0v) is 11.5. The van der Waals surface area contributed by atoms with Crippen LogP contribution in [0.1, 0.15) is 50.3 Å². The largest absolute Gasteiger partial charge is 0.390 e. The van der Waals surface area contributed by atoms with E-state index in [0.29, 0.717) is 0 Å². The van der Waals surface area contributed by atoms with Gasteiger partial charge in [-0.2, -0.15) is 0 Å². The Hall–Kier alpha value is -1.02. The topological polar surface area (TPSA) is 32.3 Å². The molecule has 94 valence electrons. The van der Waals surface area contributed by atoms with Crippen LogP contribution in [0.4, 0.5) is 5.69 Å². The lowest BCUT2D eigenvalue weighted by molar-refractivity contribution is 0.0869. The molecule has 1 aliphatic heterocycles. The molecule has 2 rings (SSSR count). The number of benzene rings is 1. The van der Waals surface area contributed by atoms with Crippen molar-refractivity contribution in [3.8, 4) is 0 Å². The molecular formula is C15H23NO. The SMILES string of the molecule is CCc1cc2c(cc1C)C(C)C(O)C(C)(C)N2. The van der Waals surface area contributed by atoms with Crippen molar-refractivity contribution in [2.45, 2.75) is 58.6 Å². The van der Waals surface area contributed by atoms with Crippen LogP contribution in [0, 0.1) is 6.92 Å². The Morgan fingerprint density at radius 3 is 2.59 bits per heavy atom. The molecule has 0 amide bonds. The summed E-state index contributed by atoms with van der Waals surface area (Å²) in [5, 5.41) is 13.8. The van der Waals surface area contributed by atoms with Gasteiger partial charge in [0.05, 0.1) is 11.6 Å². The van der Waals surface area contributed by atoms with Gasteiger partial charge in [0.25, 0.3) is 0 Å². The van der Waals surface area contributed by atoms with Crippen LogP contribution in [0.3, 0.4) is 0 Å². The number of anilines is 1. The number of aryl methyl sites for hydroxylation is 2. The highest BCUT2D eigenvalue weighted by molar-refractivity contribution is 5.61. The van der Waals surface area contributed by atoms with Crippen molar-refractivity contribution < 1.29 is 5.11 Å². The van der Waals surface area contributed by atoms with E-state index in [0.717, 1.165) is 6.42 Å². The van der Waals surface area contributed by atoms with E-state index in [-0.39, 0.29) is 17.6 Å². The molecule has 1 aromatic carbocycles.